The summed E-state index contributed by atoms with van der Waals surface area (Å²) >= 11 is 0. The van der Waals surface area contributed by atoms with Gasteiger partial charge in [0.05, 0.1) is 0 Å². The third-order valence-electron chi connectivity index (χ3n) is 0.886. The van der Waals surface area contributed by atoms with Crippen molar-refractivity contribution in [2.45, 2.75) is 0 Å². The molecule has 0 N–H and O–H groups in total. The van der Waals surface area contributed by atoms with Gasteiger partial charge in [-0.2, -0.15) is 0 Å². The SMILES string of the molecule is O=[C]C=Cc1ncccn1. The van der Waals surface area contributed by atoms with Gasteiger partial charge in [-0.15, -0.1) is 0 Å². The summed E-state index contributed by atoms with van der Waals surface area (Å²) in [6.07, 6.45) is 7.55. The lowest BCUT2D eigenvalue weighted by Crippen LogP contribution is -1.82. The summed E-state index contributed by atoms with van der Waals surface area (Å²) in [5, 5.41) is 0. The molecule has 0 bridgehead atoms. The molecule has 49 valence electrons. The highest BCUT2D eigenvalue weighted by Crippen LogP contribution is 1.88. The first kappa shape index (κ1) is 6.61. The standard InChI is InChI=1S/C7H5N2O/c10-6-1-3-7-8-4-2-5-9-7/h1-5H. The molecule has 3 nitrogen and oxygen atoms in total. The molecule has 3 heteroatoms. The van der Waals surface area contributed by atoms with Gasteiger partial charge >= 0.3 is 0 Å². The van der Waals surface area contributed by atoms with Crippen LogP contribution >= 0.6 is 0 Å². The highest BCUT2D eigenvalue weighted by molar-refractivity contribution is 5.72. The van der Waals surface area contributed by atoms with Crippen LogP contribution in [-0.2, 0) is 4.79 Å². The third kappa shape index (κ3) is 1.78. The second-order valence-electron chi connectivity index (χ2n) is 1.56. The smallest absolute Gasteiger partial charge is 0.225 e. The van der Waals surface area contributed by atoms with Crippen molar-refractivity contribution in [2.24, 2.45) is 0 Å². The number of nitrogens with zero attached hydrogens (tertiary/aromatic N) is 2. The molecule has 1 heterocycles. The lowest BCUT2D eigenvalue weighted by atomic mass is 10.5. The van der Waals surface area contributed by atoms with Crippen molar-refractivity contribution in [2.75, 3.05) is 0 Å². The van der Waals surface area contributed by atoms with Crippen molar-refractivity contribution in [3.63, 3.8) is 0 Å². The second-order valence-corrected chi connectivity index (χ2v) is 1.56. The zero-order chi connectivity index (χ0) is 7.23. The predicted octanol–water partition coefficient (Wildman–Crippen LogP) is 0.599. The van der Waals surface area contributed by atoms with Crippen molar-refractivity contribution >= 4 is 12.4 Å². The summed E-state index contributed by atoms with van der Waals surface area (Å²) in [5.41, 5.74) is 0. The molecule has 0 amide bonds. The van der Waals surface area contributed by atoms with E-state index in [9.17, 15) is 4.79 Å². The lowest BCUT2D eigenvalue weighted by Gasteiger charge is -1.84. The van der Waals surface area contributed by atoms with E-state index in [0.717, 1.165) is 0 Å². The molecule has 0 aliphatic rings. The van der Waals surface area contributed by atoms with Gasteiger partial charge in [0.2, 0.25) is 6.29 Å². The molecule has 0 saturated heterocycles. The van der Waals surface area contributed by atoms with Crippen molar-refractivity contribution in [1.29, 1.82) is 0 Å². The Hall–Kier alpha value is -1.51. The van der Waals surface area contributed by atoms with Crippen LogP contribution in [0.15, 0.2) is 24.5 Å². The van der Waals surface area contributed by atoms with E-state index >= 15 is 0 Å². The minimum atomic E-state index is 0.519. The highest BCUT2D eigenvalue weighted by atomic mass is 16.1. The Kier molecular flexibility index (Phi) is 2.31. The molecule has 0 aliphatic carbocycles. The van der Waals surface area contributed by atoms with Crippen LogP contribution in [0, 0.1) is 0 Å². The number of hydrogen-bond donors (Lipinski definition) is 0. The zero-order valence-electron chi connectivity index (χ0n) is 5.19. The molecule has 0 fully saturated rings. The van der Waals surface area contributed by atoms with Crippen molar-refractivity contribution < 1.29 is 4.79 Å². The van der Waals surface area contributed by atoms with Crippen molar-refractivity contribution in [3.8, 4) is 0 Å². The van der Waals surface area contributed by atoms with Crippen LogP contribution in [0.4, 0.5) is 0 Å². The number of carbonyl (C=O) groups excluding carboxylic acids is 1. The third-order valence-corrected chi connectivity index (χ3v) is 0.886. The van der Waals surface area contributed by atoms with E-state index in [1.54, 1.807) is 24.7 Å². The minimum absolute atomic E-state index is 0.519. The van der Waals surface area contributed by atoms with Gasteiger partial charge in [0.25, 0.3) is 0 Å². The van der Waals surface area contributed by atoms with E-state index < -0.39 is 0 Å². The molecule has 0 spiro atoms. The van der Waals surface area contributed by atoms with Crippen LogP contribution in [0.3, 0.4) is 0 Å². The van der Waals surface area contributed by atoms with E-state index in [1.807, 2.05) is 0 Å². The maximum atomic E-state index is 9.71. The predicted molar refractivity (Wildman–Crippen MR) is 36.8 cm³/mol. The van der Waals surface area contributed by atoms with E-state index in [0.29, 0.717) is 5.82 Å². The minimum Gasteiger partial charge on any atom is -0.286 e. The van der Waals surface area contributed by atoms with Gasteiger partial charge in [0.15, 0.2) is 5.82 Å². The number of aromatic nitrogens is 2. The number of rotatable bonds is 2. The van der Waals surface area contributed by atoms with Crippen LogP contribution in [-0.4, -0.2) is 16.3 Å². The summed E-state index contributed by atoms with van der Waals surface area (Å²) in [6.45, 7) is 0. The molecule has 0 atom stereocenters. The summed E-state index contributed by atoms with van der Waals surface area (Å²) in [7, 11) is 0. The van der Waals surface area contributed by atoms with Gasteiger partial charge in [-0.3, -0.25) is 4.79 Å². The summed E-state index contributed by atoms with van der Waals surface area (Å²) in [6, 6.07) is 1.71. The maximum absolute atomic E-state index is 9.71. The lowest BCUT2D eigenvalue weighted by molar-refractivity contribution is 0.564. The van der Waals surface area contributed by atoms with E-state index in [1.165, 1.54) is 12.2 Å². The number of hydrogen-bond acceptors (Lipinski definition) is 3. The Morgan fingerprint density at radius 1 is 1.40 bits per heavy atom. The van der Waals surface area contributed by atoms with Gasteiger partial charge in [0, 0.05) is 12.4 Å². The molecular weight excluding hydrogens is 128 g/mol. The van der Waals surface area contributed by atoms with E-state index in [4.69, 9.17) is 0 Å². The van der Waals surface area contributed by atoms with E-state index in [2.05, 4.69) is 9.97 Å². The van der Waals surface area contributed by atoms with Crippen LogP contribution in [0.5, 0.6) is 0 Å². The second kappa shape index (κ2) is 3.50. The first-order valence-corrected chi connectivity index (χ1v) is 2.75. The monoisotopic (exact) mass is 133 g/mol. The van der Waals surface area contributed by atoms with Crippen LogP contribution in [0.2, 0.25) is 0 Å². The molecule has 1 aromatic rings. The normalized spacial score (nSPS) is 10.0. The Morgan fingerprint density at radius 3 is 2.70 bits per heavy atom. The van der Waals surface area contributed by atoms with Gasteiger partial charge in [0.1, 0.15) is 0 Å². The average molecular weight is 133 g/mol. The van der Waals surface area contributed by atoms with E-state index in [-0.39, 0.29) is 0 Å². The molecule has 1 rings (SSSR count). The maximum Gasteiger partial charge on any atom is 0.225 e. The van der Waals surface area contributed by atoms with Crippen LogP contribution in [0.1, 0.15) is 5.82 Å². The Morgan fingerprint density at radius 2 is 2.10 bits per heavy atom. The molecule has 0 aliphatic heterocycles. The van der Waals surface area contributed by atoms with Crippen molar-refractivity contribution in [3.05, 3.63) is 30.4 Å². The molecule has 1 radical (unpaired) electrons. The quantitative estimate of drug-likeness (QED) is 0.555. The largest absolute Gasteiger partial charge is 0.286 e. The molecule has 10 heavy (non-hydrogen) atoms. The Bertz CT molecular complexity index is 231. The molecule has 1 aromatic heterocycles. The van der Waals surface area contributed by atoms with Gasteiger partial charge in [-0.25, -0.2) is 9.97 Å². The molecule has 0 unspecified atom stereocenters. The summed E-state index contributed by atoms with van der Waals surface area (Å²) < 4.78 is 0. The van der Waals surface area contributed by atoms with Crippen LogP contribution < -0.4 is 0 Å². The van der Waals surface area contributed by atoms with Gasteiger partial charge < -0.3 is 0 Å². The van der Waals surface area contributed by atoms with Crippen LogP contribution in [0.25, 0.3) is 6.08 Å². The summed E-state index contributed by atoms with van der Waals surface area (Å²) in [4.78, 5) is 17.4. The van der Waals surface area contributed by atoms with Gasteiger partial charge in [-0.05, 0) is 18.2 Å². The molecule has 0 saturated carbocycles. The Balaban J connectivity index is 2.76. The van der Waals surface area contributed by atoms with Gasteiger partial charge in [-0.1, -0.05) is 0 Å². The molecule has 0 aromatic carbocycles. The van der Waals surface area contributed by atoms with Crippen molar-refractivity contribution in [1.82, 2.24) is 9.97 Å². The number of allylic oxidation sites excluding steroid dienone is 1. The highest BCUT2D eigenvalue weighted by Gasteiger charge is 1.82. The fourth-order valence-electron chi connectivity index (χ4n) is 0.505. The zero-order valence-corrected chi connectivity index (χ0v) is 5.19. The fraction of sp³-hybridized carbons (Fsp3) is 0. The first-order chi connectivity index (χ1) is 4.93. The topological polar surface area (TPSA) is 42.9 Å². The fourth-order valence-corrected chi connectivity index (χ4v) is 0.505. The molecular formula is C7H5N2O. The average Bonchev–Trinajstić information content (AvgIpc) is 2.03. The Labute approximate surface area is 58.4 Å². The summed E-state index contributed by atoms with van der Waals surface area (Å²) in [5.74, 6) is 0.519. The first-order valence-electron chi connectivity index (χ1n) is 2.75.